The smallest absolute Gasteiger partial charge is 0.303 e. The molecule has 1 fully saturated rings. The lowest BCUT2D eigenvalue weighted by atomic mass is 9.84. The van der Waals surface area contributed by atoms with Gasteiger partial charge >= 0.3 is 5.97 Å². The number of carboxylic acids is 1. The molecule has 0 spiro atoms. The Hall–Kier alpha value is -1.01. The van der Waals surface area contributed by atoms with Gasteiger partial charge in [-0.25, -0.2) is 8.78 Å². The summed E-state index contributed by atoms with van der Waals surface area (Å²) in [4.78, 5) is 10.5. The van der Waals surface area contributed by atoms with Gasteiger partial charge in [-0.3, -0.25) is 4.79 Å². The highest BCUT2D eigenvalue weighted by molar-refractivity contribution is 5.66. The molecule has 1 rings (SSSR count). The number of alkyl halides is 2. The van der Waals surface area contributed by atoms with Gasteiger partial charge in [-0.2, -0.15) is 0 Å². The van der Waals surface area contributed by atoms with Crippen LogP contribution in [0.5, 0.6) is 0 Å². The van der Waals surface area contributed by atoms with Crippen LogP contribution in [0, 0.1) is 23.7 Å². The average Bonchev–Trinajstić information content (AvgIpc) is 2.94. The molecule has 1 saturated carbocycles. The summed E-state index contributed by atoms with van der Waals surface area (Å²) in [5, 5.41) is 29.0. The molecule has 0 heterocycles. The number of rotatable bonds is 13. The fourth-order valence-electron chi connectivity index (χ4n) is 4.33. The van der Waals surface area contributed by atoms with Crippen molar-refractivity contribution in [2.75, 3.05) is 0 Å². The number of halogens is 2. The number of aliphatic hydroxyl groups is 2. The zero-order valence-corrected chi connectivity index (χ0v) is 17.5. The number of hydrogen-bond acceptors (Lipinski definition) is 3. The van der Waals surface area contributed by atoms with Crippen LogP contribution < -0.4 is 0 Å². The van der Waals surface area contributed by atoms with Crippen LogP contribution in [-0.2, 0) is 4.79 Å². The Morgan fingerprint density at radius 3 is 2.50 bits per heavy atom. The Bertz CT molecular complexity index is 493. The third-order valence-electron chi connectivity index (χ3n) is 6.01. The van der Waals surface area contributed by atoms with Crippen molar-refractivity contribution in [3.8, 4) is 0 Å². The number of aliphatic hydroxyl groups excluding tert-OH is 2. The maximum Gasteiger partial charge on any atom is 0.303 e. The highest BCUT2D eigenvalue weighted by atomic mass is 19.3. The lowest BCUT2D eigenvalue weighted by molar-refractivity contribution is -0.150. The van der Waals surface area contributed by atoms with Crippen LogP contribution in [0.2, 0.25) is 0 Å². The van der Waals surface area contributed by atoms with Gasteiger partial charge in [0.25, 0.3) is 5.92 Å². The van der Waals surface area contributed by atoms with Gasteiger partial charge in [0.05, 0.1) is 6.10 Å². The van der Waals surface area contributed by atoms with E-state index in [-0.39, 0.29) is 30.6 Å². The minimum Gasteiger partial charge on any atom is -0.481 e. The van der Waals surface area contributed by atoms with E-state index in [4.69, 9.17) is 5.11 Å². The summed E-state index contributed by atoms with van der Waals surface area (Å²) in [5.41, 5.74) is 0. The fourth-order valence-corrected chi connectivity index (χ4v) is 4.33. The molecule has 0 aromatic rings. The summed E-state index contributed by atoms with van der Waals surface area (Å²) in [5.74, 6) is -4.46. The molecular weight excluding hydrogens is 366 g/mol. The van der Waals surface area contributed by atoms with Crippen molar-refractivity contribution in [1.82, 2.24) is 0 Å². The van der Waals surface area contributed by atoms with Crippen molar-refractivity contribution in [3.63, 3.8) is 0 Å². The Morgan fingerprint density at radius 1 is 1.21 bits per heavy atom. The molecular formula is C22H38F2O4. The number of carboxylic acid groups (broad SMARTS) is 1. The molecule has 0 aromatic heterocycles. The molecule has 0 amide bonds. The summed E-state index contributed by atoms with van der Waals surface area (Å²) in [6.45, 7) is 5.30. The van der Waals surface area contributed by atoms with Crippen LogP contribution in [-0.4, -0.2) is 39.4 Å². The second-order valence-electron chi connectivity index (χ2n) is 8.86. The van der Waals surface area contributed by atoms with Gasteiger partial charge in [-0.1, -0.05) is 32.9 Å². The van der Waals surface area contributed by atoms with E-state index in [1.807, 2.05) is 26.0 Å². The minimum atomic E-state index is -3.10. The maximum atomic E-state index is 14.4. The first-order valence-electron chi connectivity index (χ1n) is 10.7. The lowest BCUT2D eigenvalue weighted by Gasteiger charge is -2.30. The zero-order valence-electron chi connectivity index (χ0n) is 17.5. The Kier molecular flexibility index (Phi) is 10.6. The number of unbranched alkanes of at least 4 members (excludes halogenated alkanes) is 1. The van der Waals surface area contributed by atoms with Gasteiger partial charge in [0, 0.05) is 12.3 Å². The molecule has 0 radical (unpaired) electrons. The molecule has 0 aliphatic heterocycles. The summed E-state index contributed by atoms with van der Waals surface area (Å²) in [7, 11) is 0. The van der Waals surface area contributed by atoms with Crippen LogP contribution >= 0.6 is 0 Å². The molecule has 6 heteroatoms. The number of allylic oxidation sites excluding steroid dienone is 2. The molecule has 164 valence electrons. The molecule has 0 saturated heterocycles. The molecule has 0 aromatic carbocycles. The zero-order chi connectivity index (χ0) is 21.3. The molecule has 0 bridgehead atoms. The van der Waals surface area contributed by atoms with Crippen LogP contribution in [0.1, 0.15) is 78.6 Å². The number of aliphatic carboxylic acids is 1. The first kappa shape index (κ1) is 25.0. The largest absolute Gasteiger partial charge is 0.481 e. The van der Waals surface area contributed by atoms with E-state index >= 15 is 0 Å². The topological polar surface area (TPSA) is 77.8 Å². The molecule has 5 atom stereocenters. The Morgan fingerprint density at radius 2 is 1.89 bits per heavy atom. The molecule has 28 heavy (non-hydrogen) atoms. The minimum absolute atomic E-state index is 0.0182. The number of carbonyl (C=O) groups is 1. The second kappa shape index (κ2) is 11.9. The van der Waals surface area contributed by atoms with Crippen molar-refractivity contribution < 1.29 is 28.9 Å². The highest BCUT2D eigenvalue weighted by Gasteiger charge is 2.44. The van der Waals surface area contributed by atoms with Crippen molar-refractivity contribution in [3.05, 3.63) is 12.2 Å². The van der Waals surface area contributed by atoms with Crippen molar-refractivity contribution in [2.24, 2.45) is 23.7 Å². The third-order valence-corrected chi connectivity index (χ3v) is 6.01. The Balaban J connectivity index is 2.48. The standard InChI is InChI=1S/C22H38F2O4/c1-15(2)14-16(3)22(23,24)20(26)13-11-17-10-12-19(25)18(17)8-6-4-5-7-9-21(27)28/h4,6,15-20,25-26H,5,7-14H2,1-3H3,(H,27,28)/b6-4-/t16-,17-,18-,19+,20?/m1/s1. The van der Waals surface area contributed by atoms with Gasteiger partial charge in [-0.05, 0) is 69.1 Å². The monoisotopic (exact) mass is 404 g/mol. The van der Waals surface area contributed by atoms with Gasteiger partial charge < -0.3 is 15.3 Å². The van der Waals surface area contributed by atoms with Gasteiger partial charge in [-0.15, -0.1) is 0 Å². The third kappa shape index (κ3) is 8.16. The van der Waals surface area contributed by atoms with E-state index in [1.165, 1.54) is 6.92 Å². The molecule has 1 aliphatic rings. The van der Waals surface area contributed by atoms with E-state index in [0.29, 0.717) is 38.5 Å². The van der Waals surface area contributed by atoms with E-state index < -0.39 is 30.0 Å². The van der Waals surface area contributed by atoms with Gasteiger partial charge in [0.1, 0.15) is 6.10 Å². The molecule has 1 aliphatic carbocycles. The second-order valence-corrected chi connectivity index (χ2v) is 8.86. The lowest BCUT2D eigenvalue weighted by Crippen LogP contribution is -2.40. The van der Waals surface area contributed by atoms with E-state index in [1.54, 1.807) is 0 Å². The molecule has 1 unspecified atom stereocenters. The van der Waals surface area contributed by atoms with Gasteiger partial charge in [0.2, 0.25) is 0 Å². The van der Waals surface area contributed by atoms with E-state index in [2.05, 4.69) is 0 Å². The average molecular weight is 405 g/mol. The summed E-state index contributed by atoms with van der Waals surface area (Å²) in [6.07, 6.45) is 6.24. The molecule has 3 N–H and O–H groups in total. The predicted molar refractivity (Wildman–Crippen MR) is 106 cm³/mol. The highest BCUT2D eigenvalue weighted by Crippen LogP contribution is 2.40. The normalized spacial score (nSPS) is 25.5. The van der Waals surface area contributed by atoms with Crippen molar-refractivity contribution >= 4 is 5.97 Å². The van der Waals surface area contributed by atoms with Crippen LogP contribution in [0.15, 0.2) is 12.2 Å². The van der Waals surface area contributed by atoms with E-state index in [0.717, 1.165) is 6.42 Å². The Labute approximate surface area is 168 Å². The first-order valence-corrected chi connectivity index (χ1v) is 10.7. The van der Waals surface area contributed by atoms with E-state index in [9.17, 15) is 23.8 Å². The summed E-state index contributed by atoms with van der Waals surface area (Å²) < 4.78 is 28.9. The van der Waals surface area contributed by atoms with Crippen molar-refractivity contribution in [2.45, 2.75) is 96.7 Å². The molecule has 4 nitrogen and oxygen atoms in total. The van der Waals surface area contributed by atoms with Crippen LogP contribution in [0.4, 0.5) is 8.78 Å². The predicted octanol–water partition coefficient (Wildman–Crippen LogP) is 5.03. The van der Waals surface area contributed by atoms with Crippen molar-refractivity contribution in [1.29, 1.82) is 0 Å². The maximum absolute atomic E-state index is 14.4. The summed E-state index contributed by atoms with van der Waals surface area (Å²) >= 11 is 0. The quantitative estimate of drug-likeness (QED) is 0.297. The first-order chi connectivity index (χ1) is 13.1. The van der Waals surface area contributed by atoms with Crippen LogP contribution in [0.3, 0.4) is 0 Å². The van der Waals surface area contributed by atoms with Crippen LogP contribution in [0.25, 0.3) is 0 Å². The number of hydrogen-bond donors (Lipinski definition) is 3. The summed E-state index contributed by atoms with van der Waals surface area (Å²) in [6, 6.07) is 0. The fraction of sp³-hybridized carbons (Fsp3) is 0.864. The van der Waals surface area contributed by atoms with Gasteiger partial charge in [0.15, 0.2) is 0 Å². The SMILES string of the molecule is CC(C)C[C@@H](C)C(F)(F)C(O)CC[C@H]1CC[C@H](O)[C@@H]1C/C=C\CCCC(=O)O.